The maximum atomic E-state index is 12.0. The number of hydrogen-bond acceptors (Lipinski definition) is 3. The summed E-state index contributed by atoms with van der Waals surface area (Å²) in [7, 11) is 0. The molecule has 0 saturated heterocycles. The standard InChI is InChI=1S/C14H13NO4/c1-2-9-5-3-4-6-11(9)15-12(14(18)19)7-10(16)8-13(15)17/h3-8,16H,2H2,1H3,(H,18,19). The number of aromatic nitrogens is 1. The lowest BCUT2D eigenvalue weighted by Gasteiger charge is -2.13. The van der Waals surface area contributed by atoms with Crippen molar-refractivity contribution in [3.05, 3.63) is 58.0 Å². The van der Waals surface area contributed by atoms with Crippen LogP contribution in [0.25, 0.3) is 5.69 Å². The molecule has 2 rings (SSSR count). The Balaban J connectivity index is 2.82. The van der Waals surface area contributed by atoms with Gasteiger partial charge in [-0.05, 0) is 18.1 Å². The van der Waals surface area contributed by atoms with E-state index in [-0.39, 0.29) is 11.4 Å². The van der Waals surface area contributed by atoms with E-state index in [2.05, 4.69) is 0 Å². The molecule has 0 aliphatic rings. The van der Waals surface area contributed by atoms with Crippen LogP contribution in [-0.2, 0) is 6.42 Å². The van der Waals surface area contributed by atoms with Crippen LogP contribution in [0.15, 0.2) is 41.2 Å². The SMILES string of the molecule is CCc1ccccc1-n1c(C(=O)O)cc(O)cc1=O. The number of hydrogen-bond donors (Lipinski definition) is 2. The molecule has 1 aromatic carbocycles. The summed E-state index contributed by atoms with van der Waals surface area (Å²) in [6.45, 7) is 1.92. The number of benzene rings is 1. The van der Waals surface area contributed by atoms with E-state index >= 15 is 0 Å². The number of aryl methyl sites for hydroxylation is 1. The van der Waals surface area contributed by atoms with Crippen LogP contribution in [0.3, 0.4) is 0 Å². The Bertz CT molecular complexity index is 688. The molecule has 1 heterocycles. The molecule has 0 aliphatic heterocycles. The summed E-state index contributed by atoms with van der Waals surface area (Å²) < 4.78 is 1.10. The third kappa shape index (κ3) is 2.35. The number of aromatic hydroxyl groups is 1. The number of carboxylic acid groups (broad SMARTS) is 1. The van der Waals surface area contributed by atoms with Crippen molar-refractivity contribution in [1.29, 1.82) is 0 Å². The fraction of sp³-hybridized carbons (Fsp3) is 0.143. The van der Waals surface area contributed by atoms with Gasteiger partial charge in [0.25, 0.3) is 5.56 Å². The molecule has 0 bridgehead atoms. The Morgan fingerprint density at radius 3 is 2.58 bits per heavy atom. The minimum atomic E-state index is -1.26. The van der Waals surface area contributed by atoms with E-state index in [9.17, 15) is 14.7 Å². The lowest BCUT2D eigenvalue weighted by Crippen LogP contribution is -2.24. The van der Waals surface area contributed by atoms with E-state index < -0.39 is 11.5 Å². The van der Waals surface area contributed by atoms with Gasteiger partial charge in [0.2, 0.25) is 0 Å². The zero-order valence-corrected chi connectivity index (χ0v) is 10.3. The summed E-state index contributed by atoms with van der Waals surface area (Å²) in [5, 5.41) is 18.5. The highest BCUT2D eigenvalue weighted by Crippen LogP contribution is 2.18. The molecular weight excluding hydrogens is 246 g/mol. The van der Waals surface area contributed by atoms with Gasteiger partial charge in [-0.15, -0.1) is 0 Å². The van der Waals surface area contributed by atoms with Crippen molar-refractivity contribution in [3.63, 3.8) is 0 Å². The first kappa shape index (κ1) is 12.9. The number of rotatable bonds is 3. The van der Waals surface area contributed by atoms with Crippen molar-refractivity contribution >= 4 is 5.97 Å². The van der Waals surface area contributed by atoms with Crippen molar-refractivity contribution in [1.82, 2.24) is 4.57 Å². The van der Waals surface area contributed by atoms with Crippen LogP contribution in [0, 0.1) is 0 Å². The van der Waals surface area contributed by atoms with Crippen LogP contribution in [0.2, 0.25) is 0 Å². The second kappa shape index (κ2) is 4.97. The average Bonchev–Trinajstić information content (AvgIpc) is 2.38. The number of nitrogens with zero attached hydrogens (tertiary/aromatic N) is 1. The van der Waals surface area contributed by atoms with Crippen molar-refractivity contribution in [2.24, 2.45) is 0 Å². The summed E-state index contributed by atoms with van der Waals surface area (Å²) >= 11 is 0. The first-order valence-corrected chi connectivity index (χ1v) is 5.82. The molecule has 0 amide bonds. The number of pyridine rings is 1. The topological polar surface area (TPSA) is 79.5 Å². The number of para-hydroxylation sites is 1. The Kier molecular flexibility index (Phi) is 3.37. The summed E-state index contributed by atoms with van der Waals surface area (Å²) in [5.74, 6) is -1.62. The van der Waals surface area contributed by atoms with E-state index in [1.165, 1.54) is 0 Å². The lowest BCUT2D eigenvalue weighted by molar-refractivity contribution is 0.0686. The first-order chi connectivity index (χ1) is 9.04. The Morgan fingerprint density at radius 2 is 1.95 bits per heavy atom. The molecule has 98 valence electrons. The van der Waals surface area contributed by atoms with Gasteiger partial charge < -0.3 is 10.2 Å². The fourth-order valence-corrected chi connectivity index (χ4v) is 1.99. The van der Waals surface area contributed by atoms with E-state index in [1.807, 2.05) is 19.1 Å². The number of aromatic carboxylic acids is 1. The molecular formula is C14H13NO4. The monoisotopic (exact) mass is 259 g/mol. The molecule has 5 heteroatoms. The third-order valence-electron chi connectivity index (χ3n) is 2.85. The lowest BCUT2D eigenvalue weighted by atomic mass is 10.1. The molecule has 2 N–H and O–H groups in total. The van der Waals surface area contributed by atoms with Crippen molar-refractivity contribution < 1.29 is 15.0 Å². The normalized spacial score (nSPS) is 10.4. The summed E-state index contributed by atoms with van der Waals surface area (Å²) in [6.07, 6.45) is 0.669. The van der Waals surface area contributed by atoms with Crippen LogP contribution in [0.4, 0.5) is 0 Å². The largest absolute Gasteiger partial charge is 0.508 e. The van der Waals surface area contributed by atoms with Gasteiger partial charge in [-0.25, -0.2) is 4.79 Å². The number of carboxylic acids is 1. The summed E-state index contributed by atoms with van der Waals surface area (Å²) in [5.41, 5.74) is 0.550. The third-order valence-corrected chi connectivity index (χ3v) is 2.85. The molecule has 1 aromatic heterocycles. The van der Waals surface area contributed by atoms with Crippen LogP contribution >= 0.6 is 0 Å². The second-order valence-electron chi connectivity index (χ2n) is 4.06. The number of carbonyl (C=O) groups is 1. The molecule has 0 spiro atoms. The van der Waals surface area contributed by atoms with Crippen LogP contribution in [-0.4, -0.2) is 20.7 Å². The van der Waals surface area contributed by atoms with Gasteiger partial charge in [-0.1, -0.05) is 25.1 Å². The predicted octanol–water partition coefficient (Wildman–Crippen LogP) is 1.80. The zero-order chi connectivity index (χ0) is 14.0. The van der Waals surface area contributed by atoms with E-state index in [0.29, 0.717) is 12.1 Å². The summed E-state index contributed by atoms with van der Waals surface area (Å²) in [4.78, 5) is 23.2. The van der Waals surface area contributed by atoms with Crippen molar-refractivity contribution in [3.8, 4) is 11.4 Å². The molecule has 5 nitrogen and oxygen atoms in total. The van der Waals surface area contributed by atoms with Gasteiger partial charge in [0.15, 0.2) is 0 Å². The van der Waals surface area contributed by atoms with Gasteiger partial charge in [-0.3, -0.25) is 9.36 Å². The molecule has 0 unspecified atom stereocenters. The maximum Gasteiger partial charge on any atom is 0.353 e. The molecule has 0 aliphatic carbocycles. The summed E-state index contributed by atoms with van der Waals surface area (Å²) in [6, 6.07) is 9.15. The Labute approximate surface area is 109 Å². The smallest absolute Gasteiger partial charge is 0.353 e. The molecule has 0 radical (unpaired) electrons. The van der Waals surface area contributed by atoms with E-state index in [0.717, 1.165) is 22.3 Å². The van der Waals surface area contributed by atoms with E-state index in [4.69, 9.17) is 5.11 Å². The van der Waals surface area contributed by atoms with Gasteiger partial charge in [0.05, 0.1) is 5.69 Å². The molecule has 19 heavy (non-hydrogen) atoms. The first-order valence-electron chi connectivity index (χ1n) is 5.82. The molecule has 2 aromatic rings. The Morgan fingerprint density at radius 1 is 1.26 bits per heavy atom. The van der Waals surface area contributed by atoms with Gasteiger partial charge >= 0.3 is 5.97 Å². The highest BCUT2D eigenvalue weighted by atomic mass is 16.4. The average molecular weight is 259 g/mol. The Hall–Kier alpha value is -2.56. The van der Waals surface area contributed by atoms with Crippen LogP contribution in [0.5, 0.6) is 5.75 Å². The second-order valence-corrected chi connectivity index (χ2v) is 4.06. The fourth-order valence-electron chi connectivity index (χ4n) is 1.99. The van der Waals surface area contributed by atoms with E-state index in [1.54, 1.807) is 12.1 Å². The van der Waals surface area contributed by atoms with Crippen LogP contribution < -0.4 is 5.56 Å². The van der Waals surface area contributed by atoms with Gasteiger partial charge in [-0.2, -0.15) is 0 Å². The minimum Gasteiger partial charge on any atom is -0.508 e. The van der Waals surface area contributed by atoms with Crippen molar-refractivity contribution in [2.45, 2.75) is 13.3 Å². The predicted molar refractivity (Wildman–Crippen MR) is 70.0 cm³/mol. The zero-order valence-electron chi connectivity index (χ0n) is 10.3. The molecule has 0 fully saturated rings. The van der Waals surface area contributed by atoms with Gasteiger partial charge in [0, 0.05) is 12.1 Å². The quantitative estimate of drug-likeness (QED) is 0.880. The van der Waals surface area contributed by atoms with Crippen molar-refractivity contribution in [2.75, 3.05) is 0 Å². The maximum absolute atomic E-state index is 12.0. The molecule has 0 atom stereocenters. The minimum absolute atomic E-state index is 0.258. The van der Waals surface area contributed by atoms with Crippen LogP contribution in [0.1, 0.15) is 23.0 Å². The van der Waals surface area contributed by atoms with Gasteiger partial charge in [0.1, 0.15) is 11.4 Å². The highest BCUT2D eigenvalue weighted by molar-refractivity contribution is 5.87. The molecule has 0 saturated carbocycles. The highest BCUT2D eigenvalue weighted by Gasteiger charge is 2.16.